The van der Waals surface area contributed by atoms with E-state index < -0.39 is 5.60 Å². The zero-order valence-corrected chi connectivity index (χ0v) is 14.2. The van der Waals surface area contributed by atoms with Gasteiger partial charge in [-0.25, -0.2) is 0 Å². The summed E-state index contributed by atoms with van der Waals surface area (Å²) in [5, 5.41) is 20.5. The minimum absolute atomic E-state index is 0.0592. The molecule has 6 fully saturated rings. The summed E-state index contributed by atoms with van der Waals surface area (Å²) in [7, 11) is 0. The highest BCUT2D eigenvalue weighted by molar-refractivity contribution is 5.82. The smallest absolute Gasteiger partial charge is 0.282 e. The lowest BCUT2D eigenvalue weighted by molar-refractivity contribution is -0.413. The molecule has 0 spiro atoms. The van der Waals surface area contributed by atoms with Gasteiger partial charge in [-0.15, -0.1) is 0 Å². The van der Waals surface area contributed by atoms with Crippen LogP contribution in [0.2, 0.25) is 0 Å². The van der Waals surface area contributed by atoms with Crippen molar-refractivity contribution in [1.29, 1.82) is 5.26 Å². The van der Waals surface area contributed by atoms with Crippen LogP contribution < -0.4 is 5.73 Å². The number of fused-ring (bicyclic) bond motifs is 1. The van der Waals surface area contributed by atoms with Gasteiger partial charge in [0.1, 0.15) is 6.04 Å². The molecule has 1 amide bonds. The van der Waals surface area contributed by atoms with Gasteiger partial charge < -0.3 is 15.7 Å². The van der Waals surface area contributed by atoms with Crippen molar-refractivity contribution in [2.45, 2.75) is 75.1 Å². The second kappa shape index (κ2) is 4.95. The Morgan fingerprint density at radius 3 is 2.54 bits per heavy atom. The molecule has 5 saturated carbocycles. The molecule has 1 saturated heterocycles. The molecule has 1 heterocycles. The zero-order valence-electron chi connectivity index (χ0n) is 14.2. The van der Waals surface area contributed by atoms with Crippen LogP contribution in [0.25, 0.3) is 0 Å². The Labute approximate surface area is 143 Å². The lowest BCUT2D eigenvalue weighted by Gasteiger charge is -2.59. The van der Waals surface area contributed by atoms with E-state index in [0.717, 1.165) is 25.7 Å². The van der Waals surface area contributed by atoms with Crippen LogP contribution in [0.5, 0.6) is 0 Å². The van der Waals surface area contributed by atoms with Crippen LogP contribution >= 0.6 is 0 Å². The third-order valence-electron chi connectivity index (χ3n) is 7.88. The van der Waals surface area contributed by atoms with Gasteiger partial charge >= 0.3 is 0 Å². The largest absolute Gasteiger partial charge is 0.390 e. The van der Waals surface area contributed by atoms with Crippen molar-refractivity contribution in [3.05, 3.63) is 0 Å². The molecule has 0 aromatic rings. The van der Waals surface area contributed by atoms with Gasteiger partial charge in [0.2, 0.25) is 0 Å². The molecule has 7 atom stereocenters. The predicted octanol–water partition coefficient (Wildman–Crippen LogP) is 0.687. The maximum atomic E-state index is 13.0. The van der Waals surface area contributed by atoms with E-state index in [1.165, 1.54) is 19.3 Å². The summed E-state index contributed by atoms with van der Waals surface area (Å²) in [6, 6.07) is 2.04. The van der Waals surface area contributed by atoms with Crippen LogP contribution in [0.1, 0.15) is 51.4 Å². The second-order valence-corrected chi connectivity index (χ2v) is 9.44. The Morgan fingerprint density at radius 2 is 1.92 bits per heavy atom. The summed E-state index contributed by atoms with van der Waals surface area (Å²) in [6.07, 6.45) is 8.25. The normalized spacial score (nSPS) is 52.0. The first-order valence-electron chi connectivity index (χ1n) is 9.75. The van der Waals surface area contributed by atoms with Crippen molar-refractivity contribution in [3.63, 3.8) is 0 Å². The molecular formula is C19H28N3O2+. The number of carbonyl (C=O) groups excluding carboxylic acids is 1. The van der Waals surface area contributed by atoms with Gasteiger partial charge in [0.25, 0.3) is 5.91 Å². The summed E-state index contributed by atoms with van der Waals surface area (Å²) in [4.78, 5) is 14.8. The average molecular weight is 330 g/mol. The maximum Gasteiger partial charge on any atom is 0.282 e. The standard InChI is InChI=1S/C19H27N3O2/c20-9-14-4-13-5-17(13)22(14)18(23)16(21)6-15-12-2-10-1-11(3-12)8-19(15,24)7-10/h10-17,24H,1-8,21H2/p+1. The highest BCUT2D eigenvalue weighted by Crippen LogP contribution is 2.59. The Kier molecular flexibility index (Phi) is 3.13. The van der Waals surface area contributed by atoms with Crippen LogP contribution in [0.15, 0.2) is 0 Å². The fourth-order valence-corrected chi connectivity index (χ4v) is 7.02. The average Bonchev–Trinajstić information content (AvgIpc) is 3.19. The van der Waals surface area contributed by atoms with Crippen molar-refractivity contribution in [2.24, 2.45) is 29.6 Å². The minimum atomic E-state index is -0.549. The zero-order chi connectivity index (χ0) is 16.6. The predicted molar refractivity (Wildman–Crippen MR) is 86.0 cm³/mol. The quantitative estimate of drug-likeness (QED) is 0.797. The molecule has 5 nitrogen and oxygen atoms in total. The molecule has 6 rings (SSSR count). The Balaban J connectivity index is 1.31. The molecule has 4 bridgehead atoms. The monoisotopic (exact) mass is 330 g/mol. The highest BCUT2D eigenvalue weighted by atomic mass is 16.3. The van der Waals surface area contributed by atoms with Gasteiger partial charge in [-0.05, 0) is 74.5 Å². The van der Waals surface area contributed by atoms with Crippen molar-refractivity contribution in [3.8, 4) is 6.07 Å². The Bertz CT molecular complexity index is 600. The number of nitriles is 1. The highest BCUT2D eigenvalue weighted by Gasteiger charge is 2.59. The van der Waals surface area contributed by atoms with Gasteiger partial charge in [-0.1, -0.05) is 0 Å². The number of nitrogens with zero attached hydrogens (tertiary/aromatic N) is 2. The van der Waals surface area contributed by atoms with Crippen molar-refractivity contribution < 1.29 is 15.6 Å². The maximum absolute atomic E-state index is 13.0. The number of hydrogen-bond donors (Lipinski definition) is 2. The van der Waals surface area contributed by atoms with E-state index in [4.69, 9.17) is 0 Å². The summed E-state index contributed by atoms with van der Waals surface area (Å²) >= 11 is 0. The molecule has 0 radical (unpaired) electrons. The van der Waals surface area contributed by atoms with E-state index in [9.17, 15) is 15.2 Å². The third kappa shape index (κ3) is 2.09. The van der Waals surface area contributed by atoms with Crippen LogP contribution in [0.3, 0.4) is 0 Å². The number of likely N-dealkylation sites (tertiary alicyclic amines) is 1. The second-order valence-electron chi connectivity index (χ2n) is 9.44. The number of aliphatic hydroxyl groups is 1. The van der Waals surface area contributed by atoms with E-state index in [1.807, 2.05) is 4.90 Å². The van der Waals surface area contributed by atoms with Crippen LogP contribution in [-0.2, 0) is 4.79 Å². The van der Waals surface area contributed by atoms with Gasteiger partial charge in [0, 0.05) is 12.5 Å². The summed E-state index contributed by atoms with van der Waals surface area (Å²) in [5.74, 6) is 2.83. The number of hydrogen-bond acceptors (Lipinski definition) is 3. The molecule has 0 aromatic carbocycles. The van der Waals surface area contributed by atoms with Crippen molar-refractivity contribution in [2.75, 3.05) is 0 Å². The molecule has 5 aliphatic carbocycles. The van der Waals surface area contributed by atoms with Crippen LogP contribution in [-0.4, -0.2) is 39.6 Å². The fraction of sp³-hybridized carbons (Fsp3) is 0.895. The number of piperidine rings is 1. The number of carbonyl (C=O) groups is 1. The Hall–Kier alpha value is -1.12. The molecule has 7 unspecified atom stereocenters. The van der Waals surface area contributed by atoms with Crippen LogP contribution in [0.4, 0.5) is 0 Å². The van der Waals surface area contributed by atoms with E-state index in [0.29, 0.717) is 36.1 Å². The molecule has 0 aromatic heterocycles. The summed E-state index contributed by atoms with van der Waals surface area (Å²) in [6.45, 7) is 0. The number of quaternary nitrogens is 1. The Morgan fingerprint density at radius 1 is 1.21 bits per heavy atom. The lowest BCUT2D eigenvalue weighted by atomic mass is 9.49. The summed E-state index contributed by atoms with van der Waals surface area (Å²) < 4.78 is 0. The third-order valence-corrected chi connectivity index (χ3v) is 7.88. The first-order chi connectivity index (χ1) is 11.5. The fourth-order valence-electron chi connectivity index (χ4n) is 7.02. The molecular weight excluding hydrogens is 302 g/mol. The van der Waals surface area contributed by atoms with Crippen LogP contribution in [0, 0.1) is 40.9 Å². The molecule has 6 aliphatic rings. The van der Waals surface area contributed by atoms with Gasteiger partial charge in [0.15, 0.2) is 6.04 Å². The van der Waals surface area contributed by atoms with Crippen molar-refractivity contribution in [1.82, 2.24) is 4.90 Å². The minimum Gasteiger partial charge on any atom is -0.390 e. The first-order valence-corrected chi connectivity index (χ1v) is 9.75. The molecule has 130 valence electrons. The first kappa shape index (κ1) is 15.2. The summed E-state index contributed by atoms with van der Waals surface area (Å²) in [5.41, 5.74) is 3.63. The topological polar surface area (TPSA) is 92.0 Å². The number of amides is 1. The van der Waals surface area contributed by atoms with E-state index in [1.54, 1.807) is 0 Å². The van der Waals surface area contributed by atoms with Gasteiger partial charge in [0.05, 0.1) is 11.7 Å². The van der Waals surface area contributed by atoms with E-state index >= 15 is 0 Å². The van der Waals surface area contributed by atoms with E-state index in [2.05, 4.69) is 11.8 Å². The van der Waals surface area contributed by atoms with Gasteiger partial charge in [-0.2, -0.15) is 5.26 Å². The van der Waals surface area contributed by atoms with Gasteiger partial charge in [-0.3, -0.25) is 4.79 Å². The molecule has 5 heteroatoms. The number of rotatable bonds is 3. The molecule has 24 heavy (non-hydrogen) atoms. The lowest BCUT2D eigenvalue weighted by Crippen LogP contribution is -2.71. The van der Waals surface area contributed by atoms with E-state index in [-0.39, 0.29) is 23.9 Å². The SMILES string of the molecule is N#CC1CC2CC2N1C(=O)C([NH3+])CC1C2CC3CC(C2)CC1(O)C3. The molecule has 4 N–H and O–H groups in total. The van der Waals surface area contributed by atoms with Crippen molar-refractivity contribution >= 4 is 5.91 Å². The molecule has 1 aliphatic heterocycles.